The van der Waals surface area contributed by atoms with Crippen molar-refractivity contribution in [2.75, 3.05) is 18.2 Å². The number of ether oxygens (including phenoxy) is 2. The summed E-state index contributed by atoms with van der Waals surface area (Å²) in [4.78, 5) is 14.3. The van der Waals surface area contributed by atoms with E-state index in [-0.39, 0.29) is 23.6 Å². The molecule has 0 bridgehead atoms. The van der Waals surface area contributed by atoms with Gasteiger partial charge in [-0.25, -0.2) is 4.79 Å². The minimum absolute atomic E-state index is 0.0507. The number of hydrogen-bond acceptors (Lipinski definition) is 7. The predicted octanol–water partition coefficient (Wildman–Crippen LogP) is 7.92. The van der Waals surface area contributed by atoms with Crippen LogP contribution in [0.5, 0.6) is 11.5 Å². The monoisotopic (exact) mass is 610 g/mol. The number of esters is 1. The normalized spacial score (nSPS) is 15.7. The molecular weight excluding hydrogens is 579 g/mol. The molecule has 1 atom stereocenters. The molecule has 1 aromatic heterocycles. The first-order valence-corrected chi connectivity index (χ1v) is 15.1. The molecule has 2 N–H and O–H groups in total. The molecule has 0 spiro atoms. The van der Waals surface area contributed by atoms with Crippen LogP contribution in [-0.2, 0) is 26.0 Å². The third-order valence-electron chi connectivity index (χ3n) is 6.36. The average Bonchev–Trinajstić information content (AvgIpc) is 3.31. The van der Waals surface area contributed by atoms with Crippen LogP contribution >= 0.6 is 11.3 Å². The van der Waals surface area contributed by atoms with Crippen molar-refractivity contribution < 1.29 is 40.4 Å². The van der Waals surface area contributed by atoms with Gasteiger partial charge < -0.3 is 14.8 Å². The maximum atomic E-state index is 12.8. The molecular formula is C29H31F3NO6S2+. The van der Waals surface area contributed by atoms with E-state index in [0.717, 1.165) is 21.7 Å². The number of rotatable bonds is 9. The molecule has 41 heavy (non-hydrogen) atoms. The summed E-state index contributed by atoms with van der Waals surface area (Å²) in [5, 5.41) is 3.49. The van der Waals surface area contributed by atoms with Crippen LogP contribution < -0.4 is 14.2 Å². The number of allylic oxidation sites excluding steroid dienone is 1. The highest BCUT2D eigenvalue weighted by atomic mass is 32.3. The van der Waals surface area contributed by atoms with Gasteiger partial charge >= 0.3 is 22.6 Å². The Kier molecular flexibility index (Phi) is 8.58. The summed E-state index contributed by atoms with van der Waals surface area (Å²) < 4.78 is 76.3. The molecule has 1 aliphatic heterocycles. The fourth-order valence-electron chi connectivity index (χ4n) is 4.74. The number of benzene rings is 2. The zero-order chi connectivity index (χ0) is 30.2. The van der Waals surface area contributed by atoms with Gasteiger partial charge in [0.25, 0.3) is 0 Å². The second kappa shape index (κ2) is 11.5. The Morgan fingerprint density at radius 2 is 1.80 bits per heavy atom. The average molecular weight is 611 g/mol. The van der Waals surface area contributed by atoms with E-state index < -0.39 is 34.8 Å². The number of alkyl halides is 3. The summed E-state index contributed by atoms with van der Waals surface area (Å²) in [6.07, 6.45) is -3.97. The van der Waals surface area contributed by atoms with Gasteiger partial charge in [0.1, 0.15) is 17.2 Å². The van der Waals surface area contributed by atoms with Gasteiger partial charge in [0.2, 0.25) is 0 Å². The number of anilines is 1. The minimum atomic E-state index is -4.60. The van der Waals surface area contributed by atoms with E-state index in [1.54, 1.807) is 12.1 Å². The van der Waals surface area contributed by atoms with E-state index in [9.17, 15) is 26.7 Å². The number of carbonyl (C=O) groups is 1. The molecule has 3 aromatic rings. The molecule has 0 radical (unpaired) electrons. The number of nitrogens with one attached hydrogen (secondary N) is 1. The van der Waals surface area contributed by atoms with Gasteiger partial charge in [-0.05, 0) is 73.4 Å². The molecule has 0 saturated heterocycles. The van der Waals surface area contributed by atoms with Crippen LogP contribution in [0.15, 0.2) is 48.5 Å². The number of aryl methyl sites for hydroxylation is 1. The van der Waals surface area contributed by atoms with Crippen molar-refractivity contribution >= 4 is 39.1 Å². The summed E-state index contributed by atoms with van der Waals surface area (Å²) in [5.74, 6) is -1.43. The van der Waals surface area contributed by atoms with Crippen LogP contribution in [0.3, 0.4) is 0 Å². The number of halogens is 3. The third kappa shape index (κ3) is 7.49. The molecule has 7 nitrogen and oxygen atoms in total. The SMILES string of the molecule is COc1cc(O[S+](=O)(O)CCC(F)(F)F)ccc1-c1ccc2c(c1COC(=O)c1ccc(C)s1)C(C)=CC(C)(C)N2. The van der Waals surface area contributed by atoms with Crippen LogP contribution in [0.2, 0.25) is 0 Å². The molecule has 1 aliphatic rings. The molecule has 0 saturated carbocycles. The van der Waals surface area contributed by atoms with E-state index in [0.29, 0.717) is 21.6 Å². The third-order valence-corrected chi connectivity index (χ3v) is 8.52. The highest BCUT2D eigenvalue weighted by Crippen LogP contribution is 2.43. The predicted molar refractivity (Wildman–Crippen MR) is 155 cm³/mol. The van der Waals surface area contributed by atoms with E-state index in [1.807, 2.05) is 45.9 Å². The number of thiophene rings is 1. The second-order valence-corrected chi connectivity index (χ2v) is 13.3. The lowest BCUT2D eigenvalue weighted by molar-refractivity contribution is -0.130. The lowest BCUT2D eigenvalue weighted by atomic mass is 9.85. The lowest BCUT2D eigenvalue weighted by Crippen LogP contribution is -2.32. The van der Waals surface area contributed by atoms with Crippen molar-refractivity contribution in [1.82, 2.24) is 0 Å². The van der Waals surface area contributed by atoms with Crippen LogP contribution in [0.25, 0.3) is 16.7 Å². The van der Waals surface area contributed by atoms with Crippen LogP contribution in [0.4, 0.5) is 18.9 Å². The Hall–Kier alpha value is -3.35. The van der Waals surface area contributed by atoms with Crippen molar-refractivity contribution in [3.63, 3.8) is 0 Å². The molecule has 1 unspecified atom stereocenters. The van der Waals surface area contributed by atoms with Crippen molar-refractivity contribution in [3.05, 3.63) is 69.4 Å². The van der Waals surface area contributed by atoms with Crippen LogP contribution in [-0.4, -0.2) is 35.1 Å². The van der Waals surface area contributed by atoms with Gasteiger partial charge in [-0.15, -0.1) is 15.9 Å². The smallest absolute Gasteiger partial charge is 0.394 e. The van der Waals surface area contributed by atoms with Crippen molar-refractivity contribution in [3.8, 4) is 22.6 Å². The highest BCUT2D eigenvalue weighted by Gasteiger charge is 2.38. The molecule has 2 heterocycles. The summed E-state index contributed by atoms with van der Waals surface area (Å²) >= 11 is 1.34. The Bertz CT molecular complexity index is 1540. The van der Waals surface area contributed by atoms with Gasteiger partial charge in [0.15, 0.2) is 11.5 Å². The Labute approximate surface area is 241 Å². The number of fused-ring (bicyclic) bond motifs is 1. The van der Waals surface area contributed by atoms with E-state index in [1.165, 1.54) is 30.6 Å². The molecule has 4 rings (SSSR count). The fraction of sp³-hybridized carbons (Fsp3) is 0.345. The van der Waals surface area contributed by atoms with E-state index in [4.69, 9.17) is 13.7 Å². The lowest BCUT2D eigenvalue weighted by Gasteiger charge is -2.33. The minimum Gasteiger partial charge on any atom is -0.496 e. The highest BCUT2D eigenvalue weighted by molar-refractivity contribution is 7.93. The largest absolute Gasteiger partial charge is 0.496 e. The summed E-state index contributed by atoms with van der Waals surface area (Å²) in [7, 11) is -2.85. The Balaban J connectivity index is 1.73. The molecule has 2 aromatic carbocycles. The Morgan fingerprint density at radius 3 is 2.44 bits per heavy atom. The zero-order valence-corrected chi connectivity index (χ0v) is 24.8. The van der Waals surface area contributed by atoms with Gasteiger partial charge in [-0.3, -0.25) is 4.18 Å². The van der Waals surface area contributed by atoms with Gasteiger partial charge in [-0.2, -0.15) is 13.2 Å². The summed E-state index contributed by atoms with van der Waals surface area (Å²) in [6, 6.07) is 11.6. The molecule has 0 amide bonds. The Morgan fingerprint density at radius 1 is 1.10 bits per heavy atom. The van der Waals surface area contributed by atoms with Crippen molar-refractivity contribution in [1.29, 1.82) is 0 Å². The van der Waals surface area contributed by atoms with Gasteiger partial charge in [0, 0.05) is 33.3 Å². The first kappa shape index (κ1) is 30.6. The molecule has 0 fully saturated rings. The van der Waals surface area contributed by atoms with Crippen LogP contribution in [0, 0.1) is 6.92 Å². The van der Waals surface area contributed by atoms with E-state index in [2.05, 4.69) is 11.4 Å². The van der Waals surface area contributed by atoms with E-state index >= 15 is 0 Å². The van der Waals surface area contributed by atoms with Gasteiger partial charge in [0.05, 0.1) is 19.1 Å². The van der Waals surface area contributed by atoms with Crippen molar-refractivity contribution in [2.24, 2.45) is 0 Å². The van der Waals surface area contributed by atoms with Crippen LogP contribution in [0.1, 0.15) is 52.9 Å². The summed E-state index contributed by atoms with van der Waals surface area (Å²) in [5.41, 5.74) is 4.36. The molecule has 12 heteroatoms. The first-order chi connectivity index (χ1) is 19.1. The molecule has 0 aliphatic carbocycles. The quantitative estimate of drug-likeness (QED) is 0.188. The first-order valence-electron chi connectivity index (χ1n) is 12.6. The summed E-state index contributed by atoms with van der Waals surface area (Å²) in [6.45, 7) is 7.92. The number of carbonyl (C=O) groups excluding carboxylic acids is 1. The molecule has 220 valence electrons. The maximum absolute atomic E-state index is 12.8. The topological polar surface area (TPSA) is 94.1 Å². The van der Waals surface area contributed by atoms with Crippen molar-refractivity contribution in [2.45, 2.75) is 52.4 Å². The maximum Gasteiger partial charge on any atom is 0.394 e. The second-order valence-electron chi connectivity index (χ2n) is 10.3. The fourth-order valence-corrected chi connectivity index (χ4v) is 6.48. The van der Waals surface area contributed by atoms with Gasteiger partial charge in [-0.1, -0.05) is 12.1 Å². The standard InChI is InChI=1S/C29H30F3NO6S2/c1-17-15-28(3,4)33-23-10-9-20(22(26(17)23)16-38-27(34)25-11-6-18(2)40-25)21-8-7-19(14-24(21)37-5)39-41(35,36)13-12-29(30,31)32/h6-11,14-15,33H,12-13,16H2,1-5H3/p+1. The number of methoxy groups -OCH3 is 1. The zero-order valence-electron chi connectivity index (χ0n) is 23.2. The number of hydrogen-bond donors (Lipinski definition) is 2.